The van der Waals surface area contributed by atoms with Gasteiger partial charge in [-0.25, -0.2) is 0 Å². The van der Waals surface area contributed by atoms with Crippen LogP contribution in [0, 0.1) is 23.7 Å². The molecule has 160 valence electrons. The Bertz CT molecular complexity index is 1030. The summed E-state index contributed by atoms with van der Waals surface area (Å²) in [6, 6.07) is 13.6. The third-order valence-electron chi connectivity index (χ3n) is 6.72. The number of nitrogens with one attached hydrogen (secondary N) is 1. The molecule has 2 aromatic rings. The number of anilines is 1. The predicted octanol–water partition coefficient (Wildman–Crippen LogP) is 4.13. The van der Waals surface area contributed by atoms with Crippen LogP contribution in [0.2, 0.25) is 5.02 Å². The van der Waals surface area contributed by atoms with E-state index in [1.165, 1.54) is 0 Å². The van der Waals surface area contributed by atoms with Crippen LogP contribution in [0.25, 0.3) is 0 Å². The summed E-state index contributed by atoms with van der Waals surface area (Å²) in [5.74, 6) is -0.178. The van der Waals surface area contributed by atoms with E-state index in [0.29, 0.717) is 22.0 Å². The van der Waals surface area contributed by atoms with Crippen molar-refractivity contribution in [3.05, 3.63) is 59.1 Å². The van der Waals surface area contributed by atoms with Crippen LogP contribution in [-0.4, -0.2) is 29.9 Å². The molecule has 31 heavy (non-hydrogen) atoms. The lowest BCUT2D eigenvalue weighted by Gasteiger charge is -2.23. The van der Waals surface area contributed by atoms with Crippen molar-refractivity contribution in [3.63, 3.8) is 0 Å². The van der Waals surface area contributed by atoms with Crippen molar-refractivity contribution < 1.29 is 23.9 Å². The van der Waals surface area contributed by atoms with Crippen molar-refractivity contribution in [3.8, 4) is 5.75 Å². The standard InChI is InChI=1S/C24H22ClNO5/c1-12(22(27)13-2-4-15(25)5-3-13)30-17-8-6-16(7-9-17)26-23(28)20-14-10-18-19(11-14)31-24(29)21(18)20/h2-9,12,14,18-21H,10-11H2,1H3,(H,26,28)/t12-,14+,18-,19+,20-,21-/m0/s1. The number of rotatable bonds is 6. The Hall–Kier alpha value is -2.86. The van der Waals surface area contributed by atoms with Gasteiger partial charge >= 0.3 is 5.97 Å². The minimum Gasteiger partial charge on any atom is -0.483 e. The van der Waals surface area contributed by atoms with Crippen molar-refractivity contribution in [2.24, 2.45) is 23.7 Å². The van der Waals surface area contributed by atoms with E-state index >= 15 is 0 Å². The molecule has 0 radical (unpaired) electrons. The van der Waals surface area contributed by atoms with Crippen molar-refractivity contribution in [1.29, 1.82) is 0 Å². The zero-order valence-corrected chi connectivity index (χ0v) is 17.7. The molecule has 3 fully saturated rings. The maximum absolute atomic E-state index is 12.9. The lowest BCUT2D eigenvalue weighted by Crippen LogP contribution is -2.35. The maximum Gasteiger partial charge on any atom is 0.310 e. The van der Waals surface area contributed by atoms with Crippen LogP contribution in [0.4, 0.5) is 5.69 Å². The fourth-order valence-electron chi connectivity index (χ4n) is 5.31. The van der Waals surface area contributed by atoms with Crippen LogP contribution in [0.5, 0.6) is 5.75 Å². The summed E-state index contributed by atoms with van der Waals surface area (Å²) in [5.41, 5.74) is 1.15. The summed E-state index contributed by atoms with van der Waals surface area (Å²) >= 11 is 5.87. The van der Waals surface area contributed by atoms with E-state index in [9.17, 15) is 14.4 Å². The Morgan fingerprint density at radius 2 is 1.81 bits per heavy atom. The van der Waals surface area contributed by atoms with E-state index in [0.717, 1.165) is 12.8 Å². The highest BCUT2D eigenvalue weighted by Crippen LogP contribution is 2.57. The van der Waals surface area contributed by atoms with Gasteiger partial charge in [0.25, 0.3) is 0 Å². The molecule has 1 heterocycles. The highest BCUT2D eigenvalue weighted by molar-refractivity contribution is 6.30. The van der Waals surface area contributed by atoms with Crippen molar-refractivity contribution in [1.82, 2.24) is 0 Å². The Balaban J connectivity index is 1.20. The lowest BCUT2D eigenvalue weighted by molar-refractivity contribution is -0.145. The van der Waals surface area contributed by atoms with Crippen molar-refractivity contribution in [2.75, 3.05) is 5.32 Å². The molecule has 3 aliphatic rings. The monoisotopic (exact) mass is 439 g/mol. The zero-order chi connectivity index (χ0) is 21.7. The summed E-state index contributed by atoms with van der Waals surface area (Å²) in [7, 11) is 0. The Morgan fingerprint density at radius 1 is 1.10 bits per heavy atom. The van der Waals surface area contributed by atoms with E-state index in [4.69, 9.17) is 21.1 Å². The first-order valence-corrected chi connectivity index (χ1v) is 10.9. The molecule has 2 bridgehead atoms. The van der Waals surface area contributed by atoms with Crippen LogP contribution in [0.3, 0.4) is 0 Å². The van der Waals surface area contributed by atoms with Crippen LogP contribution in [-0.2, 0) is 14.3 Å². The molecular formula is C24H22ClNO5. The van der Waals surface area contributed by atoms with E-state index in [-0.39, 0.29) is 47.4 Å². The number of benzene rings is 2. The van der Waals surface area contributed by atoms with Gasteiger partial charge < -0.3 is 14.8 Å². The van der Waals surface area contributed by atoms with Gasteiger partial charge in [-0.05, 0) is 74.2 Å². The number of halogens is 1. The first kappa shape index (κ1) is 20.1. The normalized spacial score (nSPS) is 28.8. The topological polar surface area (TPSA) is 81.7 Å². The first-order chi connectivity index (χ1) is 14.9. The van der Waals surface area contributed by atoms with Crippen LogP contribution in [0.1, 0.15) is 30.1 Å². The minimum atomic E-state index is -0.669. The molecule has 7 heteroatoms. The van der Waals surface area contributed by atoms with Gasteiger partial charge in [0.1, 0.15) is 11.9 Å². The number of hydrogen-bond donors (Lipinski definition) is 1. The number of fused-ring (bicyclic) bond motifs is 1. The lowest BCUT2D eigenvalue weighted by atomic mass is 9.79. The van der Waals surface area contributed by atoms with Gasteiger partial charge in [-0.2, -0.15) is 0 Å². The molecular weight excluding hydrogens is 418 g/mol. The number of hydrogen-bond acceptors (Lipinski definition) is 5. The molecule has 0 unspecified atom stereocenters. The summed E-state index contributed by atoms with van der Waals surface area (Å²) in [4.78, 5) is 37.5. The van der Waals surface area contributed by atoms with Crippen LogP contribution >= 0.6 is 11.6 Å². The average Bonchev–Trinajstić information content (AvgIpc) is 3.38. The summed E-state index contributed by atoms with van der Waals surface area (Å²) < 4.78 is 11.2. The summed E-state index contributed by atoms with van der Waals surface area (Å²) in [6.45, 7) is 1.69. The van der Waals surface area contributed by atoms with Gasteiger partial charge in [-0.1, -0.05) is 11.6 Å². The molecule has 2 saturated carbocycles. The fraction of sp³-hybridized carbons (Fsp3) is 0.375. The Labute approximate surface area is 184 Å². The zero-order valence-electron chi connectivity index (χ0n) is 16.9. The van der Waals surface area contributed by atoms with E-state index in [1.807, 2.05) is 0 Å². The highest BCUT2D eigenvalue weighted by atomic mass is 35.5. The number of ketones is 1. The SMILES string of the molecule is C[C@H](Oc1ccc(NC(=O)[C@H]2[C@@H]3C[C@@H]4[C@@H]2C(=O)O[C@@H]4C3)cc1)C(=O)c1ccc(Cl)cc1. The smallest absolute Gasteiger partial charge is 0.310 e. The van der Waals surface area contributed by atoms with Gasteiger partial charge in [-0.15, -0.1) is 0 Å². The van der Waals surface area contributed by atoms with Gasteiger partial charge in [0.15, 0.2) is 6.10 Å². The quantitative estimate of drug-likeness (QED) is 0.540. The Kier molecular flexibility index (Phi) is 4.97. The average molecular weight is 440 g/mol. The molecule has 6 atom stereocenters. The van der Waals surface area contributed by atoms with Crippen molar-refractivity contribution in [2.45, 2.75) is 32.0 Å². The Morgan fingerprint density at radius 3 is 2.52 bits per heavy atom. The summed E-state index contributed by atoms with van der Waals surface area (Å²) in [6.07, 6.45) is 1.03. The molecule has 1 aliphatic heterocycles. The molecule has 2 aliphatic carbocycles. The number of ether oxygens (including phenoxy) is 2. The number of carbonyl (C=O) groups is 3. The number of amides is 1. The minimum absolute atomic E-state index is 0.0144. The largest absolute Gasteiger partial charge is 0.483 e. The third-order valence-corrected chi connectivity index (χ3v) is 6.97. The highest BCUT2D eigenvalue weighted by Gasteiger charge is 2.63. The van der Waals surface area contributed by atoms with Gasteiger partial charge in [0, 0.05) is 22.2 Å². The van der Waals surface area contributed by atoms with E-state index in [1.54, 1.807) is 55.5 Å². The second kappa shape index (κ2) is 7.68. The molecule has 5 rings (SSSR count). The maximum atomic E-state index is 12.9. The van der Waals surface area contributed by atoms with Crippen molar-refractivity contribution >= 4 is 34.9 Å². The van der Waals surface area contributed by atoms with Gasteiger partial charge in [0.2, 0.25) is 11.7 Å². The summed E-state index contributed by atoms with van der Waals surface area (Å²) in [5, 5.41) is 3.49. The van der Waals surface area contributed by atoms with E-state index in [2.05, 4.69) is 5.32 Å². The van der Waals surface area contributed by atoms with E-state index < -0.39 is 6.10 Å². The molecule has 0 aromatic heterocycles. The van der Waals surface area contributed by atoms with Crippen LogP contribution < -0.4 is 10.1 Å². The molecule has 1 amide bonds. The third kappa shape index (κ3) is 3.59. The second-order valence-corrected chi connectivity index (χ2v) is 9.00. The molecule has 0 spiro atoms. The van der Waals surface area contributed by atoms with Crippen LogP contribution in [0.15, 0.2) is 48.5 Å². The second-order valence-electron chi connectivity index (χ2n) is 8.57. The predicted molar refractivity (Wildman–Crippen MR) is 114 cm³/mol. The molecule has 1 saturated heterocycles. The number of Topliss-reactive ketones (excluding diaryl/α,β-unsaturated/α-hetero) is 1. The molecule has 6 nitrogen and oxygen atoms in total. The number of carbonyl (C=O) groups excluding carboxylic acids is 3. The number of esters is 1. The fourth-order valence-corrected chi connectivity index (χ4v) is 5.44. The van der Waals surface area contributed by atoms with Gasteiger partial charge in [-0.3, -0.25) is 14.4 Å². The van der Waals surface area contributed by atoms with Gasteiger partial charge in [0.05, 0.1) is 11.8 Å². The molecule has 2 aromatic carbocycles. The molecule has 1 N–H and O–H groups in total. The first-order valence-electron chi connectivity index (χ1n) is 10.5.